The smallest absolute Gasteiger partial charge is 0.319 e. The lowest BCUT2D eigenvalue weighted by molar-refractivity contribution is 0.0678. The van der Waals surface area contributed by atoms with Crippen LogP contribution in [0.1, 0.15) is 19.3 Å². The normalized spacial score (nSPS) is 11.2. The number of aromatic nitrogens is 5. The number of hydrogen-bond donors (Lipinski definition) is 1. The van der Waals surface area contributed by atoms with Gasteiger partial charge in [0.05, 0.1) is 12.4 Å². The average Bonchev–Trinajstić information content (AvgIpc) is 3.21. The number of nitrogen functional groups attached to an aromatic ring is 1. The highest BCUT2D eigenvalue weighted by atomic mass is 32.2. The molecule has 0 spiro atoms. The number of nitrogens with zero attached hydrogens (tertiary/aromatic N) is 5. The zero-order valence-corrected chi connectivity index (χ0v) is 14.2. The summed E-state index contributed by atoms with van der Waals surface area (Å²) in [5.74, 6) is 7.71. The maximum absolute atomic E-state index is 12.8. The van der Waals surface area contributed by atoms with E-state index < -0.39 is 6.55 Å². The summed E-state index contributed by atoms with van der Waals surface area (Å²) in [6, 6.07) is 7.30. The highest BCUT2D eigenvalue weighted by Crippen LogP contribution is 2.26. The minimum Gasteiger partial charge on any atom is -0.494 e. The minimum atomic E-state index is -2.63. The quantitative estimate of drug-likeness (QED) is 0.511. The topological polar surface area (TPSA) is 83.8 Å². The van der Waals surface area contributed by atoms with E-state index in [1.54, 1.807) is 0 Å². The van der Waals surface area contributed by atoms with Crippen LogP contribution in [0.4, 0.5) is 8.78 Å². The van der Waals surface area contributed by atoms with E-state index in [2.05, 4.69) is 15.2 Å². The fourth-order valence-electron chi connectivity index (χ4n) is 2.20. The molecule has 10 heteroatoms. The zero-order chi connectivity index (χ0) is 17.8. The Hall–Kier alpha value is -2.62. The number of rotatable bonds is 7. The van der Waals surface area contributed by atoms with E-state index in [1.807, 2.05) is 31.2 Å². The molecule has 0 saturated carbocycles. The molecule has 0 aliphatic heterocycles. The van der Waals surface area contributed by atoms with E-state index in [1.165, 1.54) is 28.8 Å². The summed E-state index contributed by atoms with van der Waals surface area (Å²) in [5, 5.41) is 8.50. The molecule has 7 nitrogen and oxygen atoms in total. The molecule has 0 amide bonds. The number of ether oxygens (including phenoxy) is 1. The van der Waals surface area contributed by atoms with E-state index >= 15 is 0 Å². The Kier molecular flexibility index (Phi) is 5.17. The Bertz CT molecular complexity index is 833. The number of alkyl halides is 2. The van der Waals surface area contributed by atoms with Gasteiger partial charge in [0, 0.05) is 18.0 Å². The third kappa shape index (κ3) is 3.73. The molecule has 0 aliphatic rings. The van der Waals surface area contributed by atoms with E-state index in [-0.39, 0.29) is 11.6 Å². The Morgan fingerprint density at radius 3 is 2.68 bits per heavy atom. The van der Waals surface area contributed by atoms with Gasteiger partial charge in [0.2, 0.25) is 5.16 Å². The molecule has 0 radical (unpaired) electrons. The molecular formula is C15H16F2N6OS. The molecule has 0 saturated heterocycles. The molecule has 0 unspecified atom stereocenters. The van der Waals surface area contributed by atoms with Crippen LogP contribution in [0, 0.1) is 0 Å². The Morgan fingerprint density at radius 2 is 2.00 bits per heavy atom. The van der Waals surface area contributed by atoms with Crippen LogP contribution in [0.5, 0.6) is 5.75 Å². The van der Waals surface area contributed by atoms with Gasteiger partial charge in [0.25, 0.3) is 0 Å². The molecule has 3 aromatic rings. The second-order valence-corrected chi connectivity index (χ2v) is 5.89. The predicted molar refractivity (Wildman–Crippen MR) is 89.8 cm³/mol. The van der Waals surface area contributed by atoms with Crippen molar-refractivity contribution in [1.29, 1.82) is 0 Å². The van der Waals surface area contributed by atoms with Crippen molar-refractivity contribution in [3.63, 3.8) is 0 Å². The minimum absolute atomic E-state index is 0.204. The molecule has 1 aromatic carbocycles. The molecule has 132 valence electrons. The maximum atomic E-state index is 12.8. The summed E-state index contributed by atoms with van der Waals surface area (Å²) >= 11 is 1.19. The number of halogens is 2. The van der Waals surface area contributed by atoms with Crippen LogP contribution in [0.2, 0.25) is 0 Å². The molecule has 3 rings (SSSR count). The number of benzene rings is 1. The van der Waals surface area contributed by atoms with Crippen LogP contribution in [-0.2, 0) is 5.75 Å². The maximum Gasteiger partial charge on any atom is 0.319 e. The van der Waals surface area contributed by atoms with Gasteiger partial charge >= 0.3 is 6.55 Å². The molecule has 2 N–H and O–H groups in total. The van der Waals surface area contributed by atoms with Crippen molar-refractivity contribution < 1.29 is 13.5 Å². The van der Waals surface area contributed by atoms with Crippen molar-refractivity contribution in [2.75, 3.05) is 12.4 Å². The second-order valence-electron chi connectivity index (χ2n) is 4.95. The highest BCUT2D eigenvalue weighted by Gasteiger charge is 2.16. The Labute approximate surface area is 146 Å². The number of nitrogens with two attached hydrogens (primary N) is 1. The van der Waals surface area contributed by atoms with Gasteiger partial charge in [-0.3, -0.25) is 4.57 Å². The SMILES string of the molecule is CCOc1ccc(-c2nnc(SCc3nccn3C(F)F)n2N)cc1. The van der Waals surface area contributed by atoms with Crippen LogP contribution in [0.3, 0.4) is 0 Å². The molecule has 2 heterocycles. The van der Waals surface area contributed by atoms with E-state index in [0.29, 0.717) is 17.6 Å². The summed E-state index contributed by atoms with van der Waals surface area (Å²) in [5.41, 5.74) is 0.777. The van der Waals surface area contributed by atoms with Crippen molar-refractivity contribution in [2.45, 2.75) is 24.4 Å². The summed E-state index contributed by atoms with van der Waals surface area (Å²) in [6.07, 6.45) is 2.57. The Balaban J connectivity index is 1.73. The first-order valence-electron chi connectivity index (χ1n) is 7.46. The lowest BCUT2D eigenvalue weighted by Gasteiger charge is -2.07. The van der Waals surface area contributed by atoms with Gasteiger partial charge in [-0.2, -0.15) is 8.78 Å². The van der Waals surface area contributed by atoms with Crippen LogP contribution >= 0.6 is 11.8 Å². The molecule has 0 aliphatic carbocycles. The fourth-order valence-corrected chi connectivity index (χ4v) is 3.01. The molecule has 25 heavy (non-hydrogen) atoms. The molecule has 2 aromatic heterocycles. The summed E-state index contributed by atoms with van der Waals surface area (Å²) in [4.78, 5) is 3.92. The standard InChI is InChI=1S/C15H16F2N6OS/c1-2-24-11-5-3-10(4-6-11)13-20-21-15(23(13)18)25-9-12-19-7-8-22(12)14(16)17/h3-8,14H,2,9,18H2,1H3. The monoisotopic (exact) mass is 366 g/mol. The third-order valence-electron chi connectivity index (χ3n) is 3.38. The van der Waals surface area contributed by atoms with Crippen LogP contribution in [-0.4, -0.2) is 31.0 Å². The molecule has 0 bridgehead atoms. The molecule has 0 fully saturated rings. The summed E-state index contributed by atoms with van der Waals surface area (Å²) in [6.45, 7) is -0.136. The van der Waals surface area contributed by atoms with Crippen molar-refractivity contribution in [1.82, 2.24) is 24.4 Å². The lowest BCUT2D eigenvalue weighted by atomic mass is 10.2. The van der Waals surface area contributed by atoms with Crippen molar-refractivity contribution >= 4 is 11.8 Å². The first-order valence-corrected chi connectivity index (χ1v) is 8.45. The van der Waals surface area contributed by atoms with Gasteiger partial charge in [0.1, 0.15) is 11.6 Å². The second kappa shape index (κ2) is 7.51. The first kappa shape index (κ1) is 17.2. The fraction of sp³-hybridized carbons (Fsp3) is 0.267. The Morgan fingerprint density at radius 1 is 1.24 bits per heavy atom. The number of hydrogen-bond acceptors (Lipinski definition) is 6. The van der Waals surface area contributed by atoms with Gasteiger partial charge in [-0.1, -0.05) is 11.8 Å². The van der Waals surface area contributed by atoms with Gasteiger partial charge in [-0.15, -0.1) is 10.2 Å². The summed E-state index contributed by atoms with van der Waals surface area (Å²) < 4.78 is 33.2. The highest BCUT2D eigenvalue weighted by molar-refractivity contribution is 7.98. The first-order chi connectivity index (χ1) is 12.1. The van der Waals surface area contributed by atoms with Gasteiger partial charge in [-0.05, 0) is 31.2 Å². The van der Waals surface area contributed by atoms with Crippen molar-refractivity contribution in [3.05, 3.63) is 42.5 Å². The zero-order valence-electron chi connectivity index (χ0n) is 13.3. The van der Waals surface area contributed by atoms with E-state index in [4.69, 9.17) is 10.6 Å². The molecule has 0 atom stereocenters. The van der Waals surface area contributed by atoms with Gasteiger partial charge in [0.15, 0.2) is 5.82 Å². The third-order valence-corrected chi connectivity index (χ3v) is 4.32. The lowest BCUT2D eigenvalue weighted by Crippen LogP contribution is -2.12. The van der Waals surface area contributed by atoms with Gasteiger partial charge < -0.3 is 10.6 Å². The van der Waals surface area contributed by atoms with E-state index in [9.17, 15) is 8.78 Å². The number of imidazole rings is 1. The van der Waals surface area contributed by atoms with Crippen molar-refractivity contribution in [3.8, 4) is 17.1 Å². The van der Waals surface area contributed by atoms with Crippen molar-refractivity contribution in [2.24, 2.45) is 0 Å². The molecular weight excluding hydrogens is 350 g/mol. The summed E-state index contributed by atoms with van der Waals surface area (Å²) in [7, 11) is 0. The van der Waals surface area contributed by atoms with Crippen LogP contribution < -0.4 is 10.6 Å². The number of thioether (sulfide) groups is 1. The largest absolute Gasteiger partial charge is 0.494 e. The van der Waals surface area contributed by atoms with Crippen LogP contribution in [0.15, 0.2) is 41.8 Å². The van der Waals surface area contributed by atoms with E-state index in [0.717, 1.165) is 15.9 Å². The predicted octanol–water partition coefficient (Wildman–Crippen LogP) is 2.94. The average molecular weight is 366 g/mol. The van der Waals surface area contributed by atoms with Crippen LogP contribution in [0.25, 0.3) is 11.4 Å². The van der Waals surface area contributed by atoms with Gasteiger partial charge in [-0.25, -0.2) is 9.66 Å².